The molecule has 1 aromatic carbocycles. The van der Waals surface area contributed by atoms with Crippen molar-refractivity contribution in [1.82, 2.24) is 16.0 Å². The number of amides is 3. The summed E-state index contributed by atoms with van der Waals surface area (Å²) in [6.45, 7) is -0.869. The molecule has 0 saturated carbocycles. The van der Waals surface area contributed by atoms with Gasteiger partial charge in [0.2, 0.25) is 17.7 Å². The summed E-state index contributed by atoms with van der Waals surface area (Å²) in [7, 11) is 0. The summed E-state index contributed by atoms with van der Waals surface area (Å²) in [6.07, 6.45) is -0.762. The monoisotopic (exact) mass is 484 g/mol. The fourth-order valence-electron chi connectivity index (χ4n) is 2.69. The van der Waals surface area contributed by atoms with Crippen LogP contribution in [-0.2, 0) is 30.4 Å². The molecule has 0 bridgehead atoms. The van der Waals surface area contributed by atoms with Gasteiger partial charge in [0.05, 0.1) is 12.6 Å². The quantitative estimate of drug-likeness (QED) is 0.136. The number of aliphatic carboxylic acids is 2. The van der Waals surface area contributed by atoms with Crippen LogP contribution in [0.25, 0.3) is 0 Å². The first-order chi connectivity index (χ1) is 15.6. The predicted octanol–water partition coefficient (Wildman–Crippen LogP) is -2.12. The number of nitrogens with one attached hydrogen (secondary N) is 3. The normalized spacial score (nSPS) is 14.3. The highest BCUT2D eigenvalue weighted by Gasteiger charge is 2.30. The first-order valence-electron chi connectivity index (χ1n) is 9.96. The zero-order chi connectivity index (χ0) is 25.0. The average molecular weight is 485 g/mol. The van der Waals surface area contributed by atoms with Crippen LogP contribution >= 0.6 is 12.6 Å². The Kier molecular flexibility index (Phi) is 11.9. The lowest BCUT2D eigenvalue weighted by Gasteiger charge is -2.24. The van der Waals surface area contributed by atoms with Crippen LogP contribution in [0.5, 0.6) is 0 Å². The van der Waals surface area contributed by atoms with Crippen molar-refractivity contribution >= 4 is 42.3 Å². The number of hydrogen-bond donors (Lipinski definition) is 8. The highest BCUT2D eigenvalue weighted by atomic mass is 32.1. The highest BCUT2D eigenvalue weighted by Crippen LogP contribution is 2.06. The second-order valence-corrected chi connectivity index (χ2v) is 7.48. The minimum atomic E-state index is -1.59. The zero-order valence-corrected chi connectivity index (χ0v) is 18.5. The van der Waals surface area contributed by atoms with E-state index in [4.69, 9.17) is 15.9 Å². The highest BCUT2D eigenvalue weighted by molar-refractivity contribution is 7.80. The second kappa shape index (κ2) is 14.1. The first-order valence-corrected chi connectivity index (χ1v) is 10.6. The van der Waals surface area contributed by atoms with Crippen LogP contribution in [0, 0.1) is 0 Å². The third-order valence-electron chi connectivity index (χ3n) is 4.53. The molecule has 1 rings (SSSR count). The van der Waals surface area contributed by atoms with E-state index in [9.17, 15) is 29.1 Å². The molecule has 12 nitrogen and oxygen atoms in total. The Morgan fingerprint density at radius 2 is 1.42 bits per heavy atom. The topological polar surface area (TPSA) is 208 Å². The van der Waals surface area contributed by atoms with Gasteiger partial charge in [0.1, 0.15) is 18.1 Å². The SMILES string of the molecule is NC(CS)C(=O)NC(CCC(=O)O)C(=O)NC(Cc1ccccc1)C(=O)NC(CO)C(=O)O. The number of aliphatic hydroxyl groups excluding tert-OH is 1. The summed E-state index contributed by atoms with van der Waals surface area (Å²) in [5.41, 5.74) is 6.23. The van der Waals surface area contributed by atoms with Crippen LogP contribution in [0.15, 0.2) is 30.3 Å². The molecule has 0 spiro atoms. The van der Waals surface area contributed by atoms with E-state index in [1.807, 2.05) is 0 Å². The largest absolute Gasteiger partial charge is 0.481 e. The summed E-state index contributed by atoms with van der Waals surface area (Å²) >= 11 is 3.91. The van der Waals surface area contributed by atoms with Crippen LogP contribution < -0.4 is 21.7 Å². The Morgan fingerprint density at radius 3 is 1.94 bits per heavy atom. The molecule has 0 radical (unpaired) electrons. The van der Waals surface area contributed by atoms with Gasteiger partial charge in [0.15, 0.2) is 0 Å². The number of carbonyl (C=O) groups excluding carboxylic acids is 3. The Hall–Kier alpha value is -3.16. The molecule has 0 aromatic heterocycles. The maximum Gasteiger partial charge on any atom is 0.328 e. The van der Waals surface area contributed by atoms with Crippen molar-refractivity contribution in [2.24, 2.45) is 5.73 Å². The fraction of sp³-hybridized carbons (Fsp3) is 0.450. The fourth-order valence-corrected chi connectivity index (χ4v) is 2.85. The van der Waals surface area contributed by atoms with Gasteiger partial charge < -0.3 is 37.0 Å². The summed E-state index contributed by atoms with van der Waals surface area (Å²) in [5.74, 6) is -5.16. The van der Waals surface area contributed by atoms with Gasteiger partial charge in [-0.3, -0.25) is 19.2 Å². The molecule has 33 heavy (non-hydrogen) atoms. The van der Waals surface area contributed by atoms with Crippen molar-refractivity contribution in [2.45, 2.75) is 43.4 Å². The molecule has 13 heteroatoms. The Balaban J connectivity index is 3.08. The third kappa shape index (κ3) is 9.89. The van der Waals surface area contributed by atoms with Crippen LogP contribution in [0.3, 0.4) is 0 Å². The molecular weight excluding hydrogens is 456 g/mol. The van der Waals surface area contributed by atoms with Gasteiger partial charge in [-0.25, -0.2) is 4.79 Å². The summed E-state index contributed by atoms with van der Waals surface area (Å²) in [6, 6.07) is 3.27. The van der Waals surface area contributed by atoms with Crippen molar-refractivity contribution in [1.29, 1.82) is 0 Å². The number of carboxylic acid groups (broad SMARTS) is 2. The molecule has 0 saturated heterocycles. The lowest BCUT2D eigenvalue weighted by Crippen LogP contribution is -2.58. The lowest BCUT2D eigenvalue weighted by atomic mass is 10.0. The number of rotatable bonds is 14. The summed E-state index contributed by atoms with van der Waals surface area (Å²) in [5, 5.41) is 34.1. The zero-order valence-electron chi connectivity index (χ0n) is 17.6. The standard InChI is InChI=1S/C20H28N4O8S/c21-12(10-33)17(28)22-13(6-7-16(26)27)18(29)23-14(8-11-4-2-1-3-5-11)19(30)24-15(9-25)20(31)32/h1-5,12-15,25,33H,6-10,21H2,(H,22,28)(H,23,29)(H,24,30)(H,26,27)(H,31,32). The number of thiol groups is 1. The van der Waals surface area contributed by atoms with Gasteiger partial charge in [-0.15, -0.1) is 0 Å². The Bertz CT molecular complexity index is 839. The minimum Gasteiger partial charge on any atom is -0.481 e. The summed E-state index contributed by atoms with van der Waals surface area (Å²) < 4.78 is 0. The van der Waals surface area contributed by atoms with E-state index < -0.39 is 66.9 Å². The van der Waals surface area contributed by atoms with E-state index in [0.717, 1.165) is 0 Å². The number of carboxylic acids is 2. The van der Waals surface area contributed by atoms with Crippen molar-refractivity contribution in [3.63, 3.8) is 0 Å². The lowest BCUT2D eigenvalue weighted by molar-refractivity contribution is -0.143. The van der Waals surface area contributed by atoms with E-state index >= 15 is 0 Å². The van der Waals surface area contributed by atoms with E-state index in [1.54, 1.807) is 30.3 Å². The molecular formula is C20H28N4O8S. The molecule has 0 aliphatic carbocycles. The molecule has 0 fully saturated rings. The molecule has 4 atom stereocenters. The van der Waals surface area contributed by atoms with Gasteiger partial charge >= 0.3 is 11.9 Å². The van der Waals surface area contributed by atoms with Gasteiger partial charge in [-0.1, -0.05) is 30.3 Å². The smallest absolute Gasteiger partial charge is 0.328 e. The van der Waals surface area contributed by atoms with E-state index in [1.165, 1.54) is 0 Å². The number of hydrogen-bond acceptors (Lipinski definition) is 8. The molecule has 0 aliphatic heterocycles. The van der Waals surface area contributed by atoms with Crippen LogP contribution in [0.2, 0.25) is 0 Å². The van der Waals surface area contributed by atoms with Gasteiger partial charge in [0.25, 0.3) is 0 Å². The number of carbonyl (C=O) groups is 5. The van der Waals surface area contributed by atoms with E-state index in [2.05, 4.69) is 28.6 Å². The predicted molar refractivity (Wildman–Crippen MR) is 119 cm³/mol. The van der Waals surface area contributed by atoms with Crippen LogP contribution in [0.4, 0.5) is 0 Å². The Labute approximate surface area is 195 Å². The molecule has 0 aliphatic rings. The molecule has 0 heterocycles. The van der Waals surface area contributed by atoms with Crippen molar-refractivity contribution in [2.75, 3.05) is 12.4 Å². The average Bonchev–Trinajstić information content (AvgIpc) is 2.78. The van der Waals surface area contributed by atoms with E-state index in [0.29, 0.717) is 5.56 Å². The van der Waals surface area contributed by atoms with Crippen LogP contribution in [0.1, 0.15) is 18.4 Å². The number of benzene rings is 1. The second-order valence-electron chi connectivity index (χ2n) is 7.12. The van der Waals surface area contributed by atoms with Crippen LogP contribution in [-0.4, -0.2) is 81.5 Å². The Morgan fingerprint density at radius 1 is 0.879 bits per heavy atom. The van der Waals surface area contributed by atoms with Crippen molar-refractivity contribution in [3.8, 4) is 0 Å². The minimum absolute atomic E-state index is 0.0180. The molecule has 1 aromatic rings. The maximum absolute atomic E-state index is 12.9. The number of nitrogens with two attached hydrogens (primary N) is 1. The number of aliphatic hydroxyl groups is 1. The molecule has 3 amide bonds. The molecule has 182 valence electrons. The third-order valence-corrected chi connectivity index (χ3v) is 4.92. The van der Waals surface area contributed by atoms with Gasteiger partial charge in [0, 0.05) is 18.6 Å². The summed E-state index contributed by atoms with van der Waals surface area (Å²) in [4.78, 5) is 59.8. The van der Waals surface area contributed by atoms with Gasteiger partial charge in [-0.05, 0) is 12.0 Å². The van der Waals surface area contributed by atoms with E-state index in [-0.39, 0.29) is 18.6 Å². The van der Waals surface area contributed by atoms with Crippen molar-refractivity contribution in [3.05, 3.63) is 35.9 Å². The first kappa shape index (κ1) is 27.9. The van der Waals surface area contributed by atoms with Gasteiger partial charge in [-0.2, -0.15) is 12.6 Å². The maximum atomic E-state index is 12.9. The van der Waals surface area contributed by atoms with Crippen molar-refractivity contribution < 1.29 is 39.3 Å². The molecule has 8 N–H and O–H groups in total. The molecule has 4 unspecified atom stereocenters.